The summed E-state index contributed by atoms with van der Waals surface area (Å²) in [5.41, 5.74) is -0.827. The van der Waals surface area contributed by atoms with Crippen LogP contribution in [0.15, 0.2) is 52.0 Å². The molecule has 0 amide bonds. The van der Waals surface area contributed by atoms with Gasteiger partial charge in [-0.15, -0.1) is 0 Å². The van der Waals surface area contributed by atoms with E-state index in [2.05, 4.69) is 9.17 Å². The summed E-state index contributed by atoms with van der Waals surface area (Å²) in [6.45, 7) is 0.127. The highest BCUT2D eigenvalue weighted by molar-refractivity contribution is 7.85. The molecule has 2 aromatic heterocycles. The minimum atomic E-state index is -4.46. The van der Waals surface area contributed by atoms with Crippen molar-refractivity contribution >= 4 is 21.0 Å². The zero-order valence-corrected chi connectivity index (χ0v) is 18.9. The maximum absolute atomic E-state index is 13.0. The number of nitrogens with zero attached hydrogens (tertiary/aromatic N) is 1. The van der Waals surface area contributed by atoms with Crippen LogP contribution < -0.4 is 14.9 Å². The van der Waals surface area contributed by atoms with Crippen LogP contribution >= 0.6 is 0 Å². The van der Waals surface area contributed by atoms with Gasteiger partial charge >= 0.3 is 6.18 Å². The van der Waals surface area contributed by atoms with Crippen molar-refractivity contribution in [1.29, 1.82) is 0 Å². The van der Waals surface area contributed by atoms with Gasteiger partial charge in [-0.25, -0.2) is 0 Å². The lowest BCUT2D eigenvalue weighted by atomic mass is 10.1. The Hall–Kier alpha value is -3.12. The van der Waals surface area contributed by atoms with Gasteiger partial charge < -0.3 is 13.9 Å². The molecule has 0 N–H and O–H groups in total. The van der Waals surface area contributed by atoms with Crippen LogP contribution in [0.25, 0.3) is 10.9 Å². The van der Waals surface area contributed by atoms with Gasteiger partial charge in [0.25, 0.3) is 10.1 Å². The van der Waals surface area contributed by atoms with E-state index in [1.165, 1.54) is 18.3 Å². The van der Waals surface area contributed by atoms with Gasteiger partial charge in [0.1, 0.15) is 24.4 Å². The van der Waals surface area contributed by atoms with Crippen molar-refractivity contribution in [3.63, 3.8) is 0 Å². The number of aromatic nitrogens is 1. The van der Waals surface area contributed by atoms with Crippen molar-refractivity contribution in [3.8, 4) is 11.5 Å². The third-order valence-electron chi connectivity index (χ3n) is 4.60. The molecule has 3 rings (SSSR count). The zero-order valence-electron chi connectivity index (χ0n) is 18.1. The van der Waals surface area contributed by atoms with Gasteiger partial charge in [0.2, 0.25) is 11.2 Å². The number of fused-ring (bicyclic) bond motifs is 1. The van der Waals surface area contributed by atoms with E-state index in [4.69, 9.17) is 13.9 Å². The number of hydrogen-bond donors (Lipinski definition) is 0. The summed E-state index contributed by atoms with van der Waals surface area (Å²) in [4.78, 5) is 16.1. The molecule has 8 nitrogen and oxygen atoms in total. The predicted molar refractivity (Wildman–Crippen MR) is 116 cm³/mol. The first-order valence-electron chi connectivity index (χ1n) is 10.2. The summed E-state index contributed by atoms with van der Waals surface area (Å²) >= 11 is 0. The highest BCUT2D eigenvalue weighted by Gasteiger charge is 2.30. The standard InChI is InChI=1S/C22H22F3NO7S/c1-34(28,29)33-13-16-12-19(27)21(14-32-16)31-10-4-2-3-9-30-20-7-8-26-18-6-5-15(11-17(18)20)22(23,24)25/h5-8,11-12,14H,2-4,9-10,13H2,1H3. The molecule has 184 valence electrons. The van der Waals surface area contributed by atoms with E-state index in [9.17, 15) is 26.4 Å². The second kappa shape index (κ2) is 10.9. The fourth-order valence-corrected chi connectivity index (χ4v) is 3.28. The van der Waals surface area contributed by atoms with Gasteiger partial charge in [-0.2, -0.15) is 21.6 Å². The van der Waals surface area contributed by atoms with E-state index in [-0.39, 0.29) is 30.1 Å². The smallest absolute Gasteiger partial charge is 0.416 e. The molecule has 0 aliphatic carbocycles. The van der Waals surface area contributed by atoms with Crippen molar-refractivity contribution < 1.29 is 39.7 Å². The third-order valence-corrected chi connectivity index (χ3v) is 5.15. The Balaban J connectivity index is 1.43. The number of alkyl halides is 3. The number of pyridine rings is 1. The summed E-state index contributed by atoms with van der Waals surface area (Å²) in [6.07, 6.45) is 0.889. The maximum atomic E-state index is 13.0. The van der Waals surface area contributed by atoms with Crippen LogP contribution in [-0.2, 0) is 27.1 Å². The quantitative estimate of drug-likeness (QED) is 0.283. The minimum Gasteiger partial charge on any atom is -0.493 e. The molecule has 12 heteroatoms. The fourth-order valence-electron chi connectivity index (χ4n) is 2.95. The Morgan fingerprint density at radius 1 is 1.00 bits per heavy atom. The SMILES string of the molecule is CS(=O)(=O)OCc1cc(=O)c(OCCCCCOc2ccnc3ccc(C(F)(F)F)cc23)co1. The summed E-state index contributed by atoms with van der Waals surface area (Å²) in [5, 5.41) is 0.290. The Morgan fingerprint density at radius 3 is 2.35 bits per heavy atom. The van der Waals surface area contributed by atoms with Crippen LogP contribution in [-0.4, -0.2) is 32.9 Å². The van der Waals surface area contributed by atoms with E-state index in [1.807, 2.05) is 0 Å². The van der Waals surface area contributed by atoms with Gasteiger partial charge in [-0.3, -0.25) is 14.0 Å². The molecular weight excluding hydrogens is 479 g/mol. The molecule has 0 atom stereocenters. The Morgan fingerprint density at radius 2 is 1.71 bits per heavy atom. The van der Waals surface area contributed by atoms with Crippen molar-refractivity contribution in [2.45, 2.75) is 32.0 Å². The van der Waals surface area contributed by atoms with Gasteiger partial charge in [0, 0.05) is 17.6 Å². The first kappa shape index (κ1) is 25.5. The van der Waals surface area contributed by atoms with E-state index < -0.39 is 33.9 Å². The van der Waals surface area contributed by atoms with Crippen LogP contribution in [0, 0.1) is 0 Å². The normalized spacial score (nSPS) is 12.1. The van der Waals surface area contributed by atoms with E-state index in [0.29, 0.717) is 30.5 Å². The third kappa shape index (κ3) is 7.45. The van der Waals surface area contributed by atoms with Crippen molar-refractivity contribution in [3.05, 3.63) is 64.3 Å². The number of benzene rings is 1. The molecule has 0 aliphatic heterocycles. The Labute approximate surface area is 193 Å². The fraction of sp³-hybridized carbons (Fsp3) is 0.364. The number of unbranched alkanes of at least 4 members (excludes halogenated alkanes) is 2. The predicted octanol–water partition coefficient (Wildman–Crippen LogP) is 4.31. The molecule has 0 saturated carbocycles. The summed E-state index contributed by atoms with van der Waals surface area (Å²) in [6, 6.07) is 5.93. The first-order chi connectivity index (χ1) is 16.0. The summed E-state index contributed by atoms with van der Waals surface area (Å²) in [5.74, 6) is 0.360. The topological polar surface area (TPSA) is 105 Å². The van der Waals surface area contributed by atoms with Gasteiger partial charge in [-0.05, 0) is 43.5 Å². The maximum Gasteiger partial charge on any atom is 0.416 e. The average Bonchev–Trinajstić information content (AvgIpc) is 2.76. The average molecular weight is 501 g/mol. The van der Waals surface area contributed by atoms with Crippen LogP contribution in [0.5, 0.6) is 11.5 Å². The van der Waals surface area contributed by atoms with Crippen LogP contribution in [0.2, 0.25) is 0 Å². The van der Waals surface area contributed by atoms with Gasteiger partial charge in [0.05, 0.1) is 30.5 Å². The van der Waals surface area contributed by atoms with Gasteiger partial charge in [0.15, 0.2) is 0 Å². The molecule has 0 spiro atoms. The lowest BCUT2D eigenvalue weighted by molar-refractivity contribution is -0.137. The molecular formula is C22H22F3NO7S. The number of rotatable bonds is 11. The second-order valence-corrected chi connectivity index (χ2v) is 8.98. The van der Waals surface area contributed by atoms with Crippen molar-refractivity contribution in [1.82, 2.24) is 4.98 Å². The number of ether oxygens (including phenoxy) is 2. The molecule has 3 aromatic rings. The number of halogens is 3. The van der Waals surface area contributed by atoms with Gasteiger partial charge in [-0.1, -0.05) is 0 Å². The van der Waals surface area contributed by atoms with Crippen molar-refractivity contribution in [2.24, 2.45) is 0 Å². The van der Waals surface area contributed by atoms with E-state index in [0.717, 1.165) is 30.7 Å². The Bertz CT molecular complexity index is 1290. The molecule has 1 aromatic carbocycles. The zero-order chi connectivity index (χ0) is 24.8. The molecule has 0 saturated heterocycles. The molecule has 0 radical (unpaired) electrons. The monoisotopic (exact) mass is 501 g/mol. The Kier molecular flexibility index (Phi) is 8.15. The molecule has 0 unspecified atom stereocenters. The highest BCUT2D eigenvalue weighted by Crippen LogP contribution is 2.33. The molecule has 0 fully saturated rings. The second-order valence-electron chi connectivity index (χ2n) is 7.34. The summed E-state index contributed by atoms with van der Waals surface area (Å²) in [7, 11) is -3.66. The van der Waals surface area contributed by atoms with Crippen LogP contribution in [0.3, 0.4) is 0 Å². The van der Waals surface area contributed by atoms with E-state index >= 15 is 0 Å². The van der Waals surface area contributed by atoms with E-state index in [1.54, 1.807) is 0 Å². The first-order valence-corrected chi connectivity index (χ1v) is 12.0. The van der Waals surface area contributed by atoms with Crippen molar-refractivity contribution in [2.75, 3.05) is 19.5 Å². The molecule has 2 heterocycles. The lowest BCUT2D eigenvalue weighted by Gasteiger charge is -2.11. The van der Waals surface area contributed by atoms with Crippen LogP contribution in [0.1, 0.15) is 30.6 Å². The number of hydrogen-bond acceptors (Lipinski definition) is 8. The summed E-state index contributed by atoms with van der Waals surface area (Å²) < 4.78 is 81.7. The largest absolute Gasteiger partial charge is 0.493 e. The van der Waals surface area contributed by atoms with Crippen LogP contribution in [0.4, 0.5) is 13.2 Å². The highest BCUT2D eigenvalue weighted by atomic mass is 32.2. The lowest BCUT2D eigenvalue weighted by Crippen LogP contribution is -2.10. The molecule has 0 bridgehead atoms. The molecule has 0 aliphatic rings. The minimum absolute atomic E-state index is 0.0110. The molecule has 34 heavy (non-hydrogen) atoms.